The van der Waals surface area contributed by atoms with E-state index in [9.17, 15) is 16.8 Å². The van der Waals surface area contributed by atoms with Crippen molar-refractivity contribution in [1.29, 1.82) is 0 Å². The Bertz CT molecular complexity index is 890. The van der Waals surface area contributed by atoms with Gasteiger partial charge in [0.25, 0.3) is 10.0 Å². The smallest absolute Gasteiger partial charge is 0.255 e. The molecule has 0 aliphatic rings. The lowest BCUT2D eigenvalue weighted by Crippen LogP contribution is -2.13. The summed E-state index contributed by atoms with van der Waals surface area (Å²) < 4.78 is 49.6. The summed E-state index contributed by atoms with van der Waals surface area (Å²) in [7, 11) is -7.81. The molecule has 0 saturated carbocycles. The summed E-state index contributed by atoms with van der Waals surface area (Å²) >= 11 is 3.81. The van der Waals surface area contributed by atoms with Crippen LogP contribution < -0.4 is 9.86 Å². The van der Waals surface area contributed by atoms with Gasteiger partial charge in [0.05, 0.1) is 5.69 Å². The zero-order chi connectivity index (χ0) is 15.8. The number of halogens is 1. The second kappa shape index (κ2) is 5.65. The first-order chi connectivity index (χ1) is 9.61. The van der Waals surface area contributed by atoms with Crippen molar-refractivity contribution in [3.05, 3.63) is 34.4 Å². The normalized spacial score (nSPS) is 12.3. The zero-order valence-electron chi connectivity index (χ0n) is 10.6. The number of primary sulfonamides is 1. The van der Waals surface area contributed by atoms with Crippen molar-refractivity contribution in [3.8, 4) is 0 Å². The molecule has 0 fully saturated rings. The van der Waals surface area contributed by atoms with Gasteiger partial charge in [0.15, 0.2) is 9.34 Å². The molecule has 11 heteroatoms. The lowest BCUT2D eigenvalue weighted by molar-refractivity contribution is 0.598. The van der Waals surface area contributed by atoms with Gasteiger partial charge in [-0.1, -0.05) is 23.5 Å². The third-order valence-corrected chi connectivity index (χ3v) is 7.47. The lowest BCUT2D eigenvalue weighted by Gasteiger charge is -2.06. The molecule has 1 heterocycles. The Morgan fingerprint density at radius 2 is 1.86 bits per heavy atom. The minimum atomic E-state index is -3.93. The predicted molar refractivity (Wildman–Crippen MR) is 83.2 cm³/mol. The first-order valence-corrected chi connectivity index (χ1v) is 10.0. The van der Waals surface area contributed by atoms with E-state index < -0.39 is 20.0 Å². The van der Waals surface area contributed by atoms with Crippen molar-refractivity contribution in [3.63, 3.8) is 0 Å². The van der Waals surface area contributed by atoms with Gasteiger partial charge >= 0.3 is 0 Å². The number of nitrogens with zero attached hydrogens (tertiary/aromatic N) is 1. The molecule has 0 bridgehead atoms. The van der Waals surface area contributed by atoms with Crippen LogP contribution in [0, 0.1) is 6.92 Å². The molecule has 0 unspecified atom stereocenters. The van der Waals surface area contributed by atoms with Gasteiger partial charge in [-0.05, 0) is 35.0 Å². The van der Waals surface area contributed by atoms with Crippen LogP contribution in [-0.2, 0) is 20.0 Å². The van der Waals surface area contributed by atoms with Crippen molar-refractivity contribution < 1.29 is 16.8 Å². The average Bonchev–Trinajstić information content (AvgIpc) is 2.69. The van der Waals surface area contributed by atoms with E-state index in [2.05, 4.69) is 25.6 Å². The molecular weight excluding hydrogens is 402 g/mol. The fourth-order valence-electron chi connectivity index (χ4n) is 1.52. The molecule has 1 aromatic carbocycles. The molecular formula is C10H10BrN3O4S3. The van der Waals surface area contributed by atoms with Crippen LogP contribution in [0.15, 0.2) is 37.8 Å². The Labute approximate surface area is 134 Å². The Hall–Kier alpha value is -1.01. The van der Waals surface area contributed by atoms with E-state index in [4.69, 9.17) is 5.14 Å². The number of nitrogens with one attached hydrogen (secondary N) is 1. The maximum absolute atomic E-state index is 12.2. The highest BCUT2D eigenvalue weighted by molar-refractivity contribution is 9.10. The van der Waals surface area contributed by atoms with Gasteiger partial charge in [-0.2, -0.15) is 0 Å². The number of hydrogen-bond acceptors (Lipinski definition) is 6. The first-order valence-electron chi connectivity index (χ1n) is 5.39. The van der Waals surface area contributed by atoms with Crippen molar-refractivity contribution in [1.82, 2.24) is 4.98 Å². The number of thiazole rings is 1. The van der Waals surface area contributed by atoms with Gasteiger partial charge in [0, 0.05) is 4.47 Å². The van der Waals surface area contributed by atoms with Crippen LogP contribution in [0.3, 0.4) is 0 Å². The first kappa shape index (κ1) is 16.4. The van der Waals surface area contributed by atoms with E-state index >= 15 is 0 Å². The molecule has 0 saturated heterocycles. The number of nitrogens with two attached hydrogens (primary N) is 1. The average molecular weight is 412 g/mol. The highest BCUT2D eigenvalue weighted by Crippen LogP contribution is 2.29. The van der Waals surface area contributed by atoms with Crippen LogP contribution in [0.1, 0.15) is 5.69 Å². The van der Waals surface area contributed by atoms with E-state index in [1.165, 1.54) is 13.0 Å². The van der Waals surface area contributed by atoms with Crippen LogP contribution in [-0.4, -0.2) is 21.8 Å². The summed E-state index contributed by atoms with van der Waals surface area (Å²) in [5, 5.41) is 4.97. The number of benzene rings is 1. The van der Waals surface area contributed by atoms with E-state index in [-0.39, 0.29) is 19.9 Å². The molecule has 3 N–H and O–H groups in total. The summed E-state index contributed by atoms with van der Waals surface area (Å²) in [5.74, 6) is 0. The molecule has 0 radical (unpaired) electrons. The van der Waals surface area contributed by atoms with E-state index in [0.717, 1.165) is 0 Å². The summed E-state index contributed by atoms with van der Waals surface area (Å²) in [6.45, 7) is 1.44. The number of anilines is 1. The van der Waals surface area contributed by atoms with E-state index in [1.54, 1.807) is 18.2 Å². The molecule has 21 heavy (non-hydrogen) atoms. The maximum atomic E-state index is 12.2. The summed E-state index contributed by atoms with van der Waals surface area (Å²) in [6, 6.07) is 6.24. The van der Waals surface area contributed by atoms with E-state index in [0.29, 0.717) is 15.8 Å². The predicted octanol–water partition coefficient (Wildman–Crippen LogP) is 1.66. The van der Waals surface area contributed by atoms with Crippen LogP contribution >= 0.6 is 27.3 Å². The maximum Gasteiger partial charge on any atom is 0.264 e. The van der Waals surface area contributed by atoms with Gasteiger partial charge in [0.2, 0.25) is 10.0 Å². The Kier molecular flexibility index (Phi) is 4.40. The topological polar surface area (TPSA) is 119 Å². The highest BCUT2D eigenvalue weighted by Gasteiger charge is 2.22. The number of aryl methyl sites for hydroxylation is 1. The molecule has 0 spiro atoms. The zero-order valence-corrected chi connectivity index (χ0v) is 14.6. The minimum absolute atomic E-state index is 0.0232. The number of hydrogen-bond donors (Lipinski definition) is 2. The van der Waals surface area contributed by atoms with Crippen LogP contribution in [0.2, 0.25) is 0 Å². The number of rotatable bonds is 4. The minimum Gasteiger partial charge on any atom is -0.255 e. The van der Waals surface area contributed by atoms with Gasteiger partial charge in [0.1, 0.15) is 4.90 Å². The molecule has 1 aromatic heterocycles. The Morgan fingerprint density at radius 3 is 2.38 bits per heavy atom. The van der Waals surface area contributed by atoms with Crippen molar-refractivity contribution >= 4 is 52.4 Å². The molecule has 0 amide bonds. The van der Waals surface area contributed by atoms with Crippen LogP contribution in [0.4, 0.5) is 5.13 Å². The largest absolute Gasteiger partial charge is 0.264 e. The lowest BCUT2D eigenvalue weighted by atomic mass is 10.4. The van der Waals surface area contributed by atoms with Gasteiger partial charge in [-0.25, -0.2) is 27.0 Å². The molecule has 0 aliphatic heterocycles. The quantitative estimate of drug-likeness (QED) is 0.792. The summed E-state index contributed by atoms with van der Waals surface area (Å²) in [5.41, 5.74) is 0.146. The third kappa shape index (κ3) is 3.61. The van der Waals surface area contributed by atoms with Crippen LogP contribution in [0.5, 0.6) is 0 Å². The molecule has 0 aliphatic carbocycles. The van der Waals surface area contributed by atoms with Gasteiger partial charge < -0.3 is 0 Å². The third-order valence-electron chi connectivity index (χ3n) is 2.36. The molecule has 2 rings (SSSR count). The van der Waals surface area contributed by atoms with Crippen molar-refractivity contribution in [2.45, 2.75) is 16.0 Å². The molecule has 7 nitrogen and oxygen atoms in total. The molecule has 2 aromatic rings. The van der Waals surface area contributed by atoms with Gasteiger partial charge in [-0.3, -0.25) is 4.72 Å². The molecule has 0 atom stereocenters. The van der Waals surface area contributed by atoms with E-state index in [1.807, 2.05) is 0 Å². The van der Waals surface area contributed by atoms with Gasteiger partial charge in [-0.15, -0.1) is 0 Å². The second-order valence-corrected chi connectivity index (χ2v) is 9.23. The van der Waals surface area contributed by atoms with Crippen LogP contribution in [0.25, 0.3) is 0 Å². The second-order valence-electron chi connectivity index (χ2n) is 3.97. The van der Waals surface area contributed by atoms with Crippen molar-refractivity contribution in [2.75, 3.05) is 4.72 Å². The number of aromatic nitrogens is 1. The Balaban J connectivity index is 2.41. The standard InChI is InChI=1S/C10H10BrN3O4S3/c1-6-9(20(12,15)16)19-10(13-6)14-21(17,18)8-5-3-2-4-7(8)11/h2-5H,1H3,(H,13,14)(H2,12,15,16). The fraction of sp³-hybridized carbons (Fsp3) is 0.100. The molecule has 114 valence electrons. The highest BCUT2D eigenvalue weighted by atomic mass is 79.9. The number of sulfonamides is 2. The monoisotopic (exact) mass is 411 g/mol. The summed E-state index contributed by atoms with van der Waals surface area (Å²) in [4.78, 5) is 3.89. The van der Waals surface area contributed by atoms with Crippen molar-refractivity contribution in [2.24, 2.45) is 5.14 Å². The summed E-state index contributed by atoms with van der Waals surface area (Å²) in [6.07, 6.45) is 0. The Morgan fingerprint density at radius 1 is 1.24 bits per heavy atom. The SMILES string of the molecule is Cc1nc(NS(=O)(=O)c2ccccc2Br)sc1S(N)(=O)=O. The fourth-order valence-corrected chi connectivity index (χ4v) is 5.62.